The standard InChI is InChI=1S/C28H29FN3O2PS/c1-20(2)26-25(19-35(23-11-7-5-8-12-23)24-13-9-6-10-14-24)27(21-15-17-22(29)18-16-21)31-28(30-26)32(3)36(4,33)34/h5-18,20H,19H2,1-4H3. The van der Waals surface area contributed by atoms with Gasteiger partial charge in [-0.3, -0.25) is 0 Å². The van der Waals surface area contributed by atoms with E-state index in [0.29, 0.717) is 11.9 Å². The van der Waals surface area contributed by atoms with Gasteiger partial charge in [0.1, 0.15) is 5.82 Å². The molecule has 0 saturated carbocycles. The van der Waals surface area contributed by atoms with Crippen molar-refractivity contribution in [3.8, 4) is 11.3 Å². The molecule has 0 fully saturated rings. The van der Waals surface area contributed by atoms with E-state index in [-0.39, 0.29) is 17.7 Å². The molecule has 5 nitrogen and oxygen atoms in total. The Morgan fingerprint density at radius 3 is 1.86 bits per heavy atom. The topological polar surface area (TPSA) is 63.2 Å². The third-order valence-electron chi connectivity index (χ3n) is 5.92. The van der Waals surface area contributed by atoms with Crippen LogP contribution < -0.4 is 14.9 Å². The summed E-state index contributed by atoms with van der Waals surface area (Å²) in [6.45, 7) is 4.08. The molecule has 0 spiro atoms. The number of hydrogen-bond donors (Lipinski definition) is 0. The highest BCUT2D eigenvalue weighted by Crippen LogP contribution is 2.42. The SMILES string of the molecule is CC(C)c1nc(N(C)S(C)(=O)=O)nc(-c2ccc(F)cc2)c1CP(c1ccccc1)c1ccccc1. The molecule has 0 bridgehead atoms. The average Bonchev–Trinajstić information content (AvgIpc) is 2.87. The van der Waals surface area contributed by atoms with Crippen molar-refractivity contribution < 1.29 is 12.8 Å². The predicted octanol–water partition coefficient (Wildman–Crippen LogP) is 5.43. The van der Waals surface area contributed by atoms with Gasteiger partial charge in [0.05, 0.1) is 17.6 Å². The summed E-state index contributed by atoms with van der Waals surface area (Å²) in [7, 11) is -2.94. The van der Waals surface area contributed by atoms with Gasteiger partial charge in [-0.25, -0.2) is 27.1 Å². The molecule has 0 unspecified atom stereocenters. The molecule has 186 valence electrons. The van der Waals surface area contributed by atoms with Gasteiger partial charge in [-0.05, 0) is 48.7 Å². The number of aromatic nitrogens is 2. The highest BCUT2D eigenvalue weighted by atomic mass is 32.2. The van der Waals surface area contributed by atoms with Gasteiger partial charge in [-0.15, -0.1) is 0 Å². The fraction of sp³-hybridized carbons (Fsp3) is 0.214. The van der Waals surface area contributed by atoms with E-state index < -0.39 is 17.9 Å². The number of anilines is 1. The lowest BCUT2D eigenvalue weighted by Gasteiger charge is -2.25. The lowest BCUT2D eigenvalue weighted by Crippen LogP contribution is -2.28. The highest BCUT2D eigenvalue weighted by Gasteiger charge is 2.26. The average molecular weight is 522 g/mol. The molecule has 0 aliphatic heterocycles. The first-order valence-electron chi connectivity index (χ1n) is 11.6. The molecule has 8 heteroatoms. The molecular formula is C28H29FN3O2PS. The smallest absolute Gasteiger partial charge is 0.239 e. The summed E-state index contributed by atoms with van der Waals surface area (Å²) in [6, 6.07) is 26.9. The van der Waals surface area contributed by atoms with Gasteiger partial charge >= 0.3 is 0 Å². The van der Waals surface area contributed by atoms with Gasteiger partial charge in [0, 0.05) is 24.3 Å². The van der Waals surface area contributed by atoms with Gasteiger partial charge in [0.2, 0.25) is 16.0 Å². The molecule has 0 aliphatic carbocycles. The van der Waals surface area contributed by atoms with E-state index in [1.54, 1.807) is 12.1 Å². The van der Waals surface area contributed by atoms with E-state index in [9.17, 15) is 12.8 Å². The Morgan fingerprint density at radius 1 is 0.861 bits per heavy atom. The maximum atomic E-state index is 13.8. The predicted molar refractivity (Wildman–Crippen MR) is 148 cm³/mol. The zero-order chi connectivity index (χ0) is 25.9. The van der Waals surface area contributed by atoms with Crippen LogP contribution in [0.1, 0.15) is 31.0 Å². The first kappa shape index (κ1) is 25.9. The Bertz CT molecular complexity index is 1390. The summed E-state index contributed by atoms with van der Waals surface area (Å²) in [5, 5.41) is 2.44. The maximum Gasteiger partial charge on any atom is 0.239 e. The van der Waals surface area contributed by atoms with Crippen LogP contribution in [0.3, 0.4) is 0 Å². The van der Waals surface area contributed by atoms with Crippen molar-refractivity contribution in [2.45, 2.75) is 25.9 Å². The van der Waals surface area contributed by atoms with Crippen LogP contribution in [0.2, 0.25) is 0 Å². The van der Waals surface area contributed by atoms with Crippen LogP contribution in [-0.4, -0.2) is 31.7 Å². The molecule has 4 aromatic rings. The van der Waals surface area contributed by atoms with E-state index >= 15 is 0 Å². The van der Waals surface area contributed by atoms with E-state index in [2.05, 4.69) is 24.3 Å². The van der Waals surface area contributed by atoms with Crippen molar-refractivity contribution in [2.24, 2.45) is 0 Å². The normalized spacial score (nSPS) is 11.8. The number of nitrogens with zero attached hydrogens (tertiary/aromatic N) is 3. The second-order valence-corrected chi connectivity index (χ2v) is 13.1. The number of benzene rings is 3. The first-order valence-corrected chi connectivity index (χ1v) is 15.0. The molecule has 1 heterocycles. The van der Waals surface area contributed by atoms with Crippen molar-refractivity contribution >= 4 is 34.5 Å². The van der Waals surface area contributed by atoms with Gasteiger partial charge in [-0.1, -0.05) is 74.5 Å². The second kappa shape index (κ2) is 10.9. The minimum Gasteiger partial charge on any atom is -0.241 e. The molecule has 1 aromatic heterocycles. The van der Waals surface area contributed by atoms with E-state index in [1.165, 1.54) is 29.8 Å². The van der Waals surface area contributed by atoms with Crippen molar-refractivity contribution in [1.82, 2.24) is 9.97 Å². The van der Waals surface area contributed by atoms with Crippen LogP contribution in [-0.2, 0) is 16.2 Å². The molecule has 0 amide bonds. The molecule has 3 aromatic carbocycles. The molecule has 0 atom stereocenters. The molecular weight excluding hydrogens is 492 g/mol. The fourth-order valence-electron chi connectivity index (χ4n) is 3.96. The Hall–Kier alpha value is -3.15. The molecule has 4 rings (SSSR count). The Balaban J connectivity index is 1.97. The van der Waals surface area contributed by atoms with Crippen LogP contribution in [0.15, 0.2) is 84.9 Å². The number of sulfonamides is 1. The van der Waals surface area contributed by atoms with E-state index in [0.717, 1.165) is 27.4 Å². The Morgan fingerprint density at radius 2 is 1.39 bits per heavy atom. The minimum absolute atomic E-state index is 0.0114. The van der Waals surface area contributed by atoms with Crippen LogP contribution in [0.4, 0.5) is 10.3 Å². The van der Waals surface area contributed by atoms with Gasteiger partial charge in [-0.2, -0.15) is 0 Å². The Kier molecular flexibility index (Phi) is 7.82. The van der Waals surface area contributed by atoms with Gasteiger partial charge in [0.15, 0.2) is 0 Å². The molecule has 0 saturated heterocycles. The van der Waals surface area contributed by atoms with Crippen LogP contribution in [0.25, 0.3) is 11.3 Å². The lowest BCUT2D eigenvalue weighted by molar-refractivity contribution is 0.599. The van der Waals surface area contributed by atoms with Crippen molar-refractivity contribution in [2.75, 3.05) is 17.6 Å². The monoisotopic (exact) mass is 521 g/mol. The summed E-state index contributed by atoms with van der Waals surface area (Å²) >= 11 is 0. The minimum atomic E-state index is -3.57. The van der Waals surface area contributed by atoms with Crippen molar-refractivity contribution in [3.05, 3.63) is 102 Å². The van der Waals surface area contributed by atoms with Crippen LogP contribution in [0.5, 0.6) is 0 Å². The van der Waals surface area contributed by atoms with Crippen LogP contribution in [0, 0.1) is 5.82 Å². The summed E-state index contributed by atoms with van der Waals surface area (Å²) in [6.07, 6.45) is 1.79. The largest absolute Gasteiger partial charge is 0.241 e. The van der Waals surface area contributed by atoms with E-state index in [1.807, 2.05) is 50.2 Å². The molecule has 0 radical (unpaired) electrons. The summed E-state index contributed by atoms with van der Waals surface area (Å²) in [4.78, 5) is 9.50. The van der Waals surface area contributed by atoms with Crippen molar-refractivity contribution in [1.29, 1.82) is 0 Å². The van der Waals surface area contributed by atoms with E-state index in [4.69, 9.17) is 9.97 Å². The summed E-state index contributed by atoms with van der Waals surface area (Å²) < 4.78 is 39.6. The van der Waals surface area contributed by atoms with Gasteiger partial charge in [0.25, 0.3) is 0 Å². The summed E-state index contributed by atoms with van der Waals surface area (Å²) in [5.74, 6) is -0.229. The summed E-state index contributed by atoms with van der Waals surface area (Å²) in [5.41, 5.74) is 3.07. The maximum absolute atomic E-state index is 13.8. The molecule has 0 N–H and O–H groups in total. The lowest BCUT2D eigenvalue weighted by atomic mass is 9.99. The zero-order valence-corrected chi connectivity index (χ0v) is 22.5. The first-order chi connectivity index (χ1) is 17.1. The zero-order valence-electron chi connectivity index (χ0n) is 20.8. The quantitative estimate of drug-likeness (QED) is 0.290. The second-order valence-electron chi connectivity index (χ2n) is 8.89. The number of hydrogen-bond acceptors (Lipinski definition) is 4. The number of halogens is 1. The highest BCUT2D eigenvalue weighted by molar-refractivity contribution is 7.92. The van der Waals surface area contributed by atoms with Crippen LogP contribution >= 0.6 is 7.92 Å². The molecule has 0 aliphatic rings. The third-order valence-corrected chi connectivity index (χ3v) is 9.56. The van der Waals surface area contributed by atoms with Gasteiger partial charge < -0.3 is 0 Å². The fourth-order valence-corrected chi connectivity index (χ4v) is 6.70. The Labute approximate surface area is 213 Å². The third kappa shape index (κ3) is 5.80. The molecule has 36 heavy (non-hydrogen) atoms. The number of rotatable bonds is 8. The van der Waals surface area contributed by atoms with Crippen molar-refractivity contribution in [3.63, 3.8) is 0 Å².